The first-order valence-corrected chi connectivity index (χ1v) is 4.14. The van der Waals surface area contributed by atoms with E-state index in [0.29, 0.717) is 12.6 Å². The molecule has 12 heavy (non-hydrogen) atoms. The Balaban J connectivity index is 2.32. The minimum absolute atomic E-state index is 0.507. The minimum atomic E-state index is -0.878. The van der Waals surface area contributed by atoms with E-state index in [1.807, 2.05) is 0 Å². The number of rotatable bonds is 4. The Bertz CT molecular complexity index is 172. The van der Waals surface area contributed by atoms with Gasteiger partial charge in [-0.2, -0.15) is 0 Å². The van der Waals surface area contributed by atoms with Gasteiger partial charge in [0.1, 0.15) is 0 Å². The van der Waals surface area contributed by atoms with E-state index in [4.69, 9.17) is 9.84 Å². The molecule has 1 rings (SSSR count). The summed E-state index contributed by atoms with van der Waals surface area (Å²) in [5, 5.41) is 8.68. The molecule has 4 heteroatoms. The number of carbonyl (C=O) groups is 1. The number of nitrogens with zero attached hydrogens (tertiary/aromatic N) is 1. The molecule has 0 saturated carbocycles. The van der Waals surface area contributed by atoms with Crippen molar-refractivity contribution in [1.82, 2.24) is 4.90 Å². The molecule has 1 aliphatic heterocycles. The highest BCUT2D eigenvalue weighted by Crippen LogP contribution is 2.16. The minimum Gasteiger partial charge on any atom is -0.479 e. The molecule has 0 amide bonds. The van der Waals surface area contributed by atoms with Crippen LogP contribution in [-0.2, 0) is 9.53 Å². The van der Waals surface area contributed by atoms with Crippen LogP contribution in [0.1, 0.15) is 13.3 Å². The highest BCUT2D eigenvalue weighted by atomic mass is 16.5. The maximum atomic E-state index is 10.6. The van der Waals surface area contributed by atoms with Crippen molar-refractivity contribution in [2.24, 2.45) is 0 Å². The van der Waals surface area contributed by atoms with E-state index in [1.165, 1.54) is 7.11 Å². The van der Waals surface area contributed by atoms with E-state index in [2.05, 4.69) is 11.8 Å². The Morgan fingerprint density at radius 3 is 2.75 bits per heavy atom. The molecule has 2 unspecified atom stereocenters. The third-order valence-electron chi connectivity index (χ3n) is 2.42. The third-order valence-corrected chi connectivity index (χ3v) is 2.42. The largest absolute Gasteiger partial charge is 0.479 e. The second kappa shape index (κ2) is 3.87. The fourth-order valence-corrected chi connectivity index (χ4v) is 1.31. The molecular formula is C8H15NO3. The number of aliphatic carboxylic acids is 1. The number of carboxylic acids is 1. The van der Waals surface area contributed by atoms with E-state index in [-0.39, 0.29) is 0 Å². The summed E-state index contributed by atoms with van der Waals surface area (Å²) in [5.74, 6) is -0.878. The monoisotopic (exact) mass is 173 g/mol. The van der Waals surface area contributed by atoms with Crippen LogP contribution in [0.2, 0.25) is 0 Å². The average Bonchev–Trinajstić information content (AvgIpc) is 2.02. The van der Waals surface area contributed by atoms with Crippen molar-refractivity contribution < 1.29 is 14.6 Å². The van der Waals surface area contributed by atoms with Crippen LogP contribution in [0.4, 0.5) is 0 Å². The van der Waals surface area contributed by atoms with Crippen molar-refractivity contribution in [2.45, 2.75) is 25.5 Å². The van der Waals surface area contributed by atoms with Gasteiger partial charge in [0.05, 0.1) is 0 Å². The van der Waals surface area contributed by atoms with Crippen LogP contribution in [-0.4, -0.2) is 48.3 Å². The molecule has 0 bridgehead atoms. The smallest absolute Gasteiger partial charge is 0.334 e. The Kier molecular flexibility index (Phi) is 3.05. The van der Waals surface area contributed by atoms with E-state index >= 15 is 0 Å². The fourth-order valence-electron chi connectivity index (χ4n) is 1.31. The summed E-state index contributed by atoms with van der Waals surface area (Å²) < 4.78 is 4.83. The van der Waals surface area contributed by atoms with E-state index in [1.54, 1.807) is 0 Å². The SMILES string of the molecule is COC(CN1CCC1C)C(=O)O. The molecule has 0 spiro atoms. The van der Waals surface area contributed by atoms with Crippen LogP contribution in [0.15, 0.2) is 0 Å². The molecule has 0 aromatic heterocycles. The average molecular weight is 173 g/mol. The predicted molar refractivity (Wildman–Crippen MR) is 44.1 cm³/mol. The van der Waals surface area contributed by atoms with E-state index < -0.39 is 12.1 Å². The second-order valence-corrected chi connectivity index (χ2v) is 3.20. The zero-order valence-electron chi connectivity index (χ0n) is 7.49. The maximum absolute atomic E-state index is 10.6. The van der Waals surface area contributed by atoms with Crippen LogP contribution in [0.5, 0.6) is 0 Å². The first kappa shape index (κ1) is 9.48. The van der Waals surface area contributed by atoms with Crippen molar-refractivity contribution in [1.29, 1.82) is 0 Å². The summed E-state index contributed by atoms with van der Waals surface area (Å²) in [6.07, 6.45) is 0.489. The molecule has 1 aliphatic rings. The lowest BCUT2D eigenvalue weighted by molar-refractivity contribution is -0.150. The van der Waals surface area contributed by atoms with Gasteiger partial charge in [-0.25, -0.2) is 4.79 Å². The quantitative estimate of drug-likeness (QED) is 0.659. The van der Waals surface area contributed by atoms with Gasteiger partial charge >= 0.3 is 5.97 Å². The molecule has 1 fully saturated rings. The molecule has 70 valence electrons. The van der Waals surface area contributed by atoms with Gasteiger partial charge in [0.15, 0.2) is 6.10 Å². The molecular weight excluding hydrogens is 158 g/mol. The number of methoxy groups -OCH3 is 1. The lowest BCUT2D eigenvalue weighted by atomic mass is 10.0. The predicted octanol–water partition coefficient (Wildman–Crippen LogP) is 0.180. The zero-order chi connectivity index (χ0) is 9.14. The van der Waals surface area contributed by atoms with Crippen LogP contribution >= 0.6 is 0 Å². The van der Waals surface area contributed by atoms with Gasteiger partial charge in [-0.15, -0.1) is 0 Å². The number of hydrogen-bond donors (Lipinski definition) is 1. The van der Waals surface area contributed by atoms with Gasteiger partial charge in [0.2, 0.25) is 0 Å². The molecule has 4 nitrogen and oxygen atoms in total. The highest BCUT2D eigenvalue weighted by molar-refractivity contribution is 5.72. The first-order chi connectivity index (χ1) is 5.65. The summed E-state index contributed by atoms with van der Waals surface area (Å²) in [5.41, 5.74) is 0. The molecule has 0 aliphatic carbocycles. The second-order valence-electron chi connectivity index (χ2n) is 3.20. The number of hydrogen-bond acceptors (Lipinski definition) is 3. The van der Waals surface area contributed by atoms with Crippen molar-refractivity contribution in [3.05, 3.63) is 0 Å². The lowest BCUT2D eigenvalue weighted by Crippen LogP contribution is -2.50. The van der Waals surface area contributed by atoms with Crippen molar-refractivity contribution in [3.8, 4) is 0 Å². The highest BCUT2D eigenvalue weighted by Gasteiger charge is 2.28. The Labute approximate surface area is 72.1 Å². The number of likely N-dealkylation sites (tertiary alicyclic amines) is 1. The van der Waals surface area contributed by atoms with Crippen LogP contribution in [0, 0.1) is 0 Å². The molecule has 2 atom stereocenters. The Hall–Kier alpha value is -0.610. The molecule has 0 radical (unpaired) electrons. The van der Waals surface area contributed by atoms with E-state index in [9.17, 15) is 4.79 Å². The van der Waals surface area contributed by atoms with Gasteiger partial charge in [-0.3, -0.25) is 4.90 Å². The summed E-state index contributed by atoms with van der Waals surface area (Å²) in [6, 6.07) is 0.516. The van der Waals surface area contributed by atoms with Crippen LogP contribution in [0.25, 0.3) is 0 Å². The third kappa shape index (κ3) is 1.95. The first-order valence-electron chi connectivity index (χ1n) is 4.14. The van der Waals surface area contributed by atoms with Crippen LogP contribution in [0.3, 0.4) is 0 Å². The Morgan fingerprint density at radius 1 is 1.83 bits per heavy atom. The summed E-state index contributed by atoms with van der Waals surface area (Å²) in [4.78, 5) is 12.7. The molecule has 1 N–H and O–H groups in total. The van der Waals surface area contributed by atoms with Crippen LogP contribution < -0.4 is 0 Å². The molecule has 0 aromatic carbocycles. The molecule has 1 heterocycles. The standard InChI is InChI=1S/C8H15NO3/c1-6-3-4-9(6)5-7(12-2)8(10)11/h6-7H,3-5H2,1-2H3,(H,10,11). The lowest BCUT2D eigenvalue weighted by Gasteiger charge is -2.39. The number of carboxylic acid groups (broad SMARTS) is 1. The Morgan fingerprint density at radius 2 is 2.50 bits per heavy atom. The van der Waals surface area contributed by atoms with E-state index in [0.717, 1.165) is 13.0 Å². The molecule has 0 aromatic rings. The molecule has 1 saturated heterocycles. The maximum Gasteiger partial charge on any atom is 0.334 e. The van der Waals surface area contributed by atoms with Gasteiger partial charge < -0.3 is 9.84 Å². The van der Waals surface area contributed by atoms with Crippen molar-refractivity contribution >= 4 is 5.97 Å². The summed E-state index contributed by atoms with van der Waals surface area (Å²) >= 11 is 0. The van der Waals surface area contributed by atoms with Gasteiger partial charge in [0, 0.05) is 26.2 Å². The van der Waals surface area contributed by atoms with Crippen molar-refractivity contribution in [3.63, 3.8) is 0 Å². The number of ether oxygens (including phenoxy) is 1. The van der Waals surface area contributed by atoms with Gasteiger partial charge in [-0.05, 0) is 13.3 Å². The summed E-state index contributed by atoms with van der Waals surface area (Å²) in [7, 11) is 1.43. The van der Waals surface area contributed by atoms with Gasteiger partial charge in [-0.1, -0.05) is 0 Å². The normalized spacial score (nSPS) is 26.3. The zero-order valence-corrected chi connectivity index (χ0v) is 7.49. The van der Waals surface area contributed by atoms with Gasteiger partial charge in [0.25, 0.3) is 0 Å². The fraction of sp³-hybridized carbons (Fsp3) is 0.875. The van der Waals surface area contributed by atoms with Crippen molar-refractivity contribution in [2.75, 3.05) is 20.2 Å². The summed E-state index contributed by atoms with van der Waals surface area (Å²) in [6.45, 7) is 3.60. The topological polar surface area (TPSA) is 49.8 Å².